The molecular weight excluding hydrogens is 337 g/mol. The molecule has 2 unspecified atom stereocenters. The summed E-state index contributed by atoms with van der Waals surface area (Å²) in [6.07, 6.45) is 1.51. The van der Waals surface area contributed by atoms with Crippen molar-refractivity contribution in [3.8, 4) is 0 Å². The van der Waals surface area contributed by atoms with Crippen molar-refractivity contribution in [1.82, 2.24) is 14.7 Å². The van der Waals surface area contributed by atoms with Gasteiger partial charge < -0.3 is 14.7 Å². The highest BCUT2D eigenvalue weighted by Gasteiger charge is 2.42. The monoisotopic (exact) mass is 361 g/mol. The lowest BCUT2D eigenvalue weighted by atomic mass is 9.94. The summed E-state index contributed by atoms with van der Waals surface area (Å²) in [4.78, 5) is 42.5. The van der Waals surface area contributed by atoms with E-state index in [1.165, 1.54) is 23.1 Å². The number of piperidine rings is 1. The summed E-state index contributed by atoms with van der Waals surface area (Å²) < 4.78 is 13.3. The molecule has 3 amide bonds. The second-order valence-electron chi connectivity index (χ2n) is 7.35. The lowest BCUT2D eigenvalue weighted by Gasteiger charge is -2.35. The van der Waals surface area contributed by atoms with Gasteiger partial charge in [0.15, 0.2) is 0 Å². The Kier molecular flexibility index (Phi) is 4.98. The van der Waals surface area contributed by atoms with Crippen molar-refractivity contribution < 1.29 is 18.8 Å². The van der Waals surface area contributed by atoms with Crippen molar-refractivity contribution >= 4 is 17.7 Å². The van der Waals surface area contributed by atoms with Gasteiger partial charge in [0.1, 0.15) is 12.4 Å². The van der Waals surface area contributed by atoms with Crippen LogP contribution in [-0.4, -0.2) is 72.2 Å². The number of amides is 3. The number of hydrogen-bond donors (Lipinski definition) is 0. The average molecular weight is 361 g/mol. The third-order valence-corrected chi connectivity index (χ3v) is 5.30. The van der Waals surface area contributed by atoms with E-state index in [9.17, 15) is 18.8 Å². The molecule has 0 aromatic heterocycles. The van der Waals surface area contributed by atoms with Gasteiger partial charge in [-0.1, -0.05) is 0 Å². The first-order valence-electron chi connectivity index (χ1n) is 8.84. The van der Waals surface area contributed by atoms with Crippen LogP contribution in [0.1, 0.15) is 28.8 Å². The molecule has 7 heteroatoms. The molecule has 2 bridgehead atoms. The fourth-order valence-electron chi connectivity index (χ4n) is 3.74. The van der Waals surface area contributed by atoms with Crippen LogP contribution in [0.4, 0.5) is 4.39 Å². The summed E-state index contributed by atoms with van der Waals surface area (Å²) in [6, 6.07) is 3.96. The van der Waals surface area contributed by atoms with E-state index in [-0.39, 0.29) is 42.0 Å². The summed E-state index contributed by atoms with van der Waals surface area (Å²) in [6.45, 7) is 2.50. The standard InChI is InChI=1S/C19H24FN3O3/c1-12-8-14(20)5-7-16(12)19(26)22-9-13-4-6-15(10-22)23(18(13)25)11-17(24)21(2)3/h5,7-8,13,15H,4,6,9-11H2,1-3H3. The van der Waals surface area contributed by atoms with E-state index in [0.29, 0.717) is 24.2 Å². The molecule has 3 heterocycles. The maximum absolute atomic E-state index is 13.3. The molecule has 2 atom stereocenters. The minimum Gasteiger partial charge on any atom is -0.347 e. The third kappa shape index (κ3) is 3.43. The van der Waals surface area contributed by atoms with E-state index < -0.39 is 0 Å². The number of fused-ring (bicyclic) bond motifs is 4. The zero-order valence-corrected chi connectivity index (χ0v) is 15.4. The molecule has 0 aliphatic carbocycles. The molecule has 1 aromatic rings. The van der Waals surface area contributed by atoms with Gasteiger partial charge in [-0.2, -0.15) is 0 Å². The first-order valence-corrected chi connectivity index (χ1v) is 8.84. The Hall–Kier alpha value is -2.44. The lowest BCUT2D eigenvalue weighted by Crippen LogP contribution is -2.51. The number of benzene rings is 1. The molecule has 0 radical (unpaired) electrons. The summed E-state index contributed by atoms with van der Waals surface area (Å²) in [7, 11) is 3.33. The summed E-state index contributed by atoms with van der Waals surface area (Å²) in [5.41, 5.74) is 1.04. The molecule has 3 aliphatic heterocycles. The fourth-order valence-corrected chi connectivity index (χ4v) is 3.74. The molecular formula is C19H24FN3O3. The molecule has 4 rings (SSSR count). The number of halogens is 1. The Morgan fingerprint density at radius 3 is 2.62 bits per heavy atom. The van der Waals surface area contributed by atoms with Crippen LogP contribution in [-0.2, 0) is 9.59 Å². The highest BCUT2D eigenvalue weighted by Crippen LogP contribution is 2.30. The Morgan fingerprint density at radius 1 is 1.23 bits per heavy atom. The summed E-state index contributed by atoms with van der Waals surface area (Å²) >= 11 is 0. The predicted molar refractivity (Wildman–Crippen MR) is 94.0 cm³/mol. The van der Waals surface area contributed by atoms with Gasteiger partial charge in [-0.3, -0.25) is 14.4 Å². The van der Waals surface area contributed by atoms with Crippen molar-refractivity contribution in [3.05, 3.63) is 35.1 Å². The third-order valence-electron chi connectivity index (χ3n) is 5.30. The number of carbonyl (C=O) groups excluding carboxylic acids is 3. The molecule has 3 fully saturated rings. The SMILES string of the molecule is Cc1cc(F)ccc1C(=O)N1CC2CCC(C1)N(CC(=O)N(C)C)C2=O. The largest absolute Gasteiger partial charge is 0.347 e. The molecule has 0 saturated carbocycles. The molecule has 140 valence electrons. The van der Waals surface area contributed by atoms with Gasteiger partial charge >= 0.3 is 0 Å². The zero-order chi connectivity index (χ0) is 19.0. The molecule has 26 heavy (non-hydrogen) atoms. The quantitative estimate of drug-likeness (QED) is 0.815. The first kappa shape index (κ1) is 18.4. The highest BCUT2D eigenvalue weighted by atomic mass is 19.1. The van der Waals surface area contributed by atoms with Gasteiger partial charge in [0.05, 0.1) is 5.92 Å². The van der Waals surface area contributed by atoms with Crippen molar-refractivity contribution in [2.75, 3.05) is 33.7 Å². The second kappa shape index (κ2) is 7.05. The van der Waals surface area contributed by atoms with Crippen LogP contribution in [0.5, 0.6) is 0 Å². The van der Waals surface area contributed by atoms with Crippen LogP contribution in [0.15, 0.2) is 18.2 Å². The first-order chi connectivity index (χ1) is 12.3. The van der Waals surface area contributed by atoms with E-state index >= 15 is 0 Å². The van der Waals surface area contributed by atoms with Crippen LogP contribution >= 0.6 is 0 Å². The van der Waals surface area contributed by atoms with Crippen LogP contribution < -0.4 is 0 Å². The van der Waals surface area contributed by atoms with Gasteiger partial charge in [-0.25, -0.2) is 4.39 Å². The van der Waals surface area contributed by atoms with E-state index in [1.807, 2.05) is 0 Å². The number of rotatable bonds is 3. The van der Waals surface area contributed by atoms with Crippen molar-refractivity contribution in [2.24, 2.45) is 5.92 Å². The van der Waals surface area contributed by atoms with E-state index in [4.69, 9.17) is 0 Å². The molecule has 3 saturated heterocycles. The lowest BCUT2D eigenvalue weighted by molar-refractivity contribution is -0.145. The van der Waals surface area contributed by atoms with E-state index in [2.05, 4.69) is 0 Å². The predicted octanol–water partition coefficient (Wildman–Crippen LogP) is 1.29. The molecule has 6 nitrogen and oxygen atoms in total. The minimum absolute atomic E-state index is 0.0462. The van der Waals surface area contributed by atoms with Crippen LogP contribution in [0.3, 0.4) is 0 Å². The Balaban J connectivity index is 1.82. The number of aryl methyl sites for hydroxylation is 1. The van der Waals surface area contributed by atoms with Crippen LogP contribution in [0.2, 0.25) is 0 Å². The Labute approximate surface area is 152 Å². The van der Waals surface area contributed by atoms with Crippen molar-refractivity contribution in [3.63, 3.8) is 0 Å². The average Bonchev–Trinajstić information content (AvgIpc) is 2.87. The van der Waals surface area contributed by atoms with Gasteiger partial charge in [-0.05, 0) is 43.5 Å². The maximum Gasteiger partial charge on any atom is 0.254 e. The Bertz CT molecular complexity index is 750. The summed E-state index contributed by atoms with van der Waals surface area (Å²) in [5, 5.41) is 0. The number of nitrogens with zero attached hydrogens (tertiary/aromatic N) is 3. The van der Waals surface area contributed by atoms with E-state index in [0.717, 1.165) is 12.8 Å². The Morgan fingerprint density at radius 2 is 1.96 bits per heavy atom. The molecule has 0 spiro atoms. The molecule has 0 N–H and O–H groups in total. The second-order valence-corrected chi connectivity index (χ2v) is 7.35. The van der Waals surface area contributed by atoms with Crippen LogP contribution in [0, 0.1) is 18.7 Å². The topological polar surface area (TPSA) is 60.9 Å². The smallest absolute Gasteiger partial charge is 0.254 e. The van der Waals surface area contributed by atoms with Gasteiger partial charge in [0.25, 0.3) is 5.91 Å². The summed E-state index contributed by atoms with van der Waals surface area (Å²) in [5.74, 6) is -1.03. The number of hydrogen-bond acceptors (Lipinski definition) is 3. The zero-order valence-electron chi connectivity index (χ0n) is 15.4. The minimum atomic E-state index is -0.376. The van der Waals surface area contributed by atoms with Crippen molar-refractivity contribution in [1.29, 1.82) is 0 Å². The van der Waals surface area contributed by atoms with Gasteiger partial charge in [0.2, 0.25) is 11.8 Å². The van der Waals surface area contributed by atoms with Crippen molar-refractivity contribution in [2.45, 2.75) is 25.8 Å². The van der Waals surface area contributed by atoms with Gasteiger partial charge in [0, 0.05) is 38.8 Å². The molecule has 3 aliphatic rings. The number of carbonyl (C=O) groups is 3. The van der Waals surface area contributed by atoms with Gasteiger partial charge in [-0.15, -0.1) is 0 Å². The maximum atomic E-state index is 13.3. The van der Waals surface area contributed by atoms with Crippen LogP contribution in [0.25, 0.3) is 0 Å². The highest BCUT2D eigenvalue weighted by molar-refractivity contribution is 5.96. The fraction of sp³-hybridized carbons (Fsp3) is 0.526. The normalized spacial score (nSPS) is 22.4. The van der Waals surface area contributed by atoms with E-state index in [1.54, 1.807) is 30.8 Å². The number of likely N-dealkylation sites (N-methyl/N-ethyl adjacent to an activating group) is 1. The molecule has 1 aromatic carbocycles.